The highest BCUT2D eigenvalue weighted by molar-refractivity contribution is 6.31. The molecule has 0 aliphatic heterocycles. The van der Waals surface area contributed by atoms with Gasteiger partial charge in [-0.2, -0.15) is 18.4 Å². The zero-order valence-corrected chi connectivity index (χ0v) is 11.8. The molecule has 21 heavy (non-hydrogen) atoms. The van der Waals surface area contributed by atoms with Gasteiger partial charge >= 0.3 is 6.18 Å². The fourth-order valence-electron chi connectivity index (χ4n) is 1.80. The van der Waals surface area contributed by atoms with Crippen LogP contribution in [0, 0.1) is 11.3 Å². The largest absolute Gasteiger partial charge is 0.417 e. The smallest absolute Gasteiger partial charge is 0.257 e. The molecule has 1 heterocycles. The first kappa shape index (κ1) is 15.6. The summed E-state index contributed by atoms with van der Waals surface area (Å²) in [7, 11) is 0. The second-order valence-corrected chi connectivity index (χ2v) is 5.05. The SMILES string of the molecule is N#C[C@H](c1cccc(Cl)c1)c1ncc(C(F)(F)F)cc1Cl. The number of alkyl halides is 3. The summed E-state index contributed by atoms with van der Waals surface area (Å²) in [5.74, 6) is -0.890. The molecule has 0 saturated carbocycles. The Labute approximate surface area is 128 Å². The Morgan fingerprint density at radius 1 is 1.19 bits per heavy atom. The summed E-state index contributed by atoms with van der Waals surface area (Å²) in [6.07, 6.45) is -3.87. The fourth-order valence-corrected chi connectivity index (χ4v) is 2.27. The van der Waals surface area contributed by atoms with Crippen molar-refractivity contribution in [3.63, 3.8) is 0 Å². The standard InChI is InChI=1S/C14H7Cl2F3N2/c15-10-3-1-2-8(4-10)11(6-20)13-12(16)5-9(7-21-13)14(17,18)19/h1-5,7,11H/t11-/m1/s1. The second kappa shape index (κ2) is 5.92. The van der Waals surface area contributed by atoms with Crippen LogP contribution in [0.15, 0.2) is 36.5 Å². The van der Waals surface area contributed by atoms with Gasteiger partial charge in [0, 0.05) is 11.2 Å². The molecule has 0 saturated heterocycles. The number of benzene rings is 1. The van der Waals surface area contributed by atoms with E-state index >= 15 is 0 Å². The molecule has 2 aromatic rings. The minimum absolute atomic E-state index is 0.0643. The first-order valence-electron chi connectivity index (χ1n) is 5.70. The van der Waals surface area contributed by atoms with Crippen LogP contribution >= 0.6 is 23.2 Å². The van der Waals surface area contributed by atoms with E-state index in [0.29, 0.717) is 16.8 Å². The third-order valence-electron chi connectivity index (χ3n) is 2.78. The highest BCUT2D eigenvalue weighted by Gasteiger charge is 2.32. The molecule has 0 aliphatic rings. The van der Waals surface area contributed by atoms with Crippen LogP contribution in [0.2, 0.25) is 10.0 Å². The van der Waals surface area contributed by atoms with E-state index in [0.717, 1.165) is 6.07 Å². The van der Waals surface area contributed by atoms with Crippen molar-refractivity contribution in [3.8, 4) is 6.07 Å². The Morgan fingerprint density at radius 3 is 2.43 bits per heavy atom. The first-order chi connectivity index (χ1) is 9.82. The van der Waals surface area contributed by atoms with Crippen molar-refractivity contribution in [2.24, 2.45) is 0 Å². The van der Waals surface area contributed by atoms with Gasteiger partial charge in [-0.25, -0.2) is 0 Å². The molecule has 1 aromatic heterocycles. The average molecular weight is 331 g/mol. The summed E-state index contributed by atoms with van der Waals surface area (Å²) < 4.78 is 37.7. The third-order valence-corrected chi connectivity index (χ3v) is 3.32. The number of hydrogen-bond donors (Lipinski definition) is 0. The minimum atomic E-state index is -4.53. The molecule has 0 fully saturated rings. The minimum Gasteiger partial charge on any atom is -0.257 e. The molecule has 0 radical (unpaired) electrons. The normalized spacial score (nSPS) is 12.8. The lowest BCUT2D eigenvalue weighted by Crippen LogP contribution is -2.08. The summed E-state index contributed by atoms with van der Waals surface area (Å²) >= 11 is 11.7. The monoisotopic (exact) mass is 330 g/mol. The molecular weight excluding hydrogens is 324 g/mol. The van der Waals surface area contributed by atoms with Gasteiger partial charge in [0.25, 0.3) is 0 Å². The van der Waals surface area contributed by atoms with E-state index in [1.54, 1.807) is 24.3 Å². The van der Waals surface area contributed by atoms with Crippen molar-refractivity contribution in [1.82, 2.24) is 4.98 Å². The maximum Gasteiger partial charge on any atom is 0.417 e. The van der Waals surface area contributed by atoms with E-state index in [2.05, 4.69) is 4.98 Å². The van der Waals surface area contributed by atoms with Gasteiger partial charge in [-0.3, -0.25) is 4.98 Å². The Kier molecular flexibility index (Phi) is 4.40. The van der Waals surface area contributed by atoms with Crippen LogP contribution in [0.4, 0.5) is 13.2 Å². The van der Waals surface area contributed by atoms with Gasteiger partial charge < -0.3 is 0 Å². The van der Waals surface area contributed by atoms with Crippen molar-refractivity contribution in [3.05, 3.63) is 63.4 Å². The molecule has 0 spiro atoms. The molecule has 0 N–H and O–H groups in total. The first-order valence-corrected chi connectivity index (χ1v) is 6.46. The van der Waals surface area contributed by atoms with Crippen molar-refractivity contribution in [1.29, 1.82) is 5.26 Å². The number of hydrogen-bond acceptors (Lipinski definition) is 2. The van der Waals surface area contributed by atoms with Crippen molar-refractivity contribution in [2.45, 2.75) is 12.1 Å². The maximum absolute atomic E-state index is 12.6. The maximum atomic E-state index is 12.6. The van der Waals surface area contributed by atoms with Crippen molar-refractivity contribution >= 4 is 23.2 Å². The van der Waals surface area contributed by atoms with E-state index in [9.17, 15) is 18.4 Å². The molecule has 0 aliphatic carbocycles. The van der Waals surface area contributed by atoms with Gasteiger partial charge in [0.15, 0.2) is 0 Å². The van der Waals surface area contributed by atoms with E-state index in [1.807, 2.05) is 6.07 Å². The molecule has 2 nitrogen and oxygen atoms in total. The lowest BCUT2D eigenvalue weighted by Gasteiger charge is -2.13. The Balaban J connectivity index is 2.47. The van der Waals surface area contributed by atoms with Crippen molar-refractivity contribution in [2.75, 3.05) is 0 Å². The molecular formula is C14H7Cl2F3N2. The summed E-state index contributed by atoms with van der Waals surface area (Å²) in [6, 6.07) is 9.18. The van der Waals surface area contributed by atoms with Crippen LogP contribution in [0.5, 0.6) is 0 Å². The number of nitriles is 1. The van der Waals surface area contributed by atoms with E-state index in [1.165, 1.54) is 0 Å². The van der Waals surface area contributed by atoms with Crippen LogP contribution < -0.4 is 0 Å². The molecule has 1 aromatic carbocycles. The van der Waals surface area contributed by atoms with Crippen LogP contribution in [-0.2, 0) is 6.18 Å². The van der Waals surface area contributed by atoms with Crippen LogP contribution in [0.1, 0.15) is 22.7 Å². The molecule has 0 amide bonds. The molecule has 1 atom stereocenters. The van der Waals surface area contributed by atoms with Gasteiger partial charge in [0.2, 0.25) is 0 Å². The zero-order valence-electron chi connectivity index (χ0n) is 10.3. The summed E-state index contributed by atoms with van der Waals surface area (Å²) in [5, 5.41) is 9.46. The highest BCUT2D eigenvalue weighted by Crippen LogP contribution is 2.34. The predicted molar refractivity (Wildman–Crippen MR) is 73.2 cm³/mol. The van der Waals surface area contributed by atoms with Crippen LogP contribution in [0.25, 0.3) is 0 Å². The molecule has 7 heteroatoms. The summed E-state index contributed by atoms with van der Waals surface area (Å²) in [5.41, 5.74) is -0.382. The van der Waals surface area contributed by atoms with Gasteiger partial charge in [-0.15, -0.1) is 0 Å². The fraction of sp³-hybridized carbons (Fsp3) is 0.143. The van der Waals surface area contributed by atoms with Crippen LogP contribution in [-0.4, -0.2) is 4.98 Å². The number of rotatable bonds is 2. The van der Waals surface area contributed by atoms with Gasteiger partial charge in [0.05, 0.1) is 22.3 Å². The lowest BCUT2D eigenvalue weighted by molar-refractivity contribution is -0.137. The Bertz CT molecular complexity index is 708. The van der Waals surface area contributed by atoms with E-state index < -0.39 is 17.7 Å². The predicted octanol–water partition coefficient (Wildman–Crippen LogP) is 5.06. The van der Waals surface area contributed by atoms with Gasteiger partial charge in [0.1, 0.15) is 5.92 Å². The van der Waals surface area contributed by atoms with Crippen molar-refractivity contribution < 1.29 is 13.2 Å². The van der Waals surface area contributed by atoms with E-state index in [4.69, 9.17) is 23.2 Å². The number of aromatic nitrogens is 1. The molecule has 0 bridgehead atoms. The topological polar surface area (TPSA) is 36.7 Å². The third kappa shape index (κ3) is 3.46. The second-order valence-electron chi connectivity index (χ2n) is 4.21. The van der Waals surface area contributed by atoms with Crippen LogP contribution in [0.3, 0.4) is 0 Å². The molecule has 108 valence electrons. The highest BCUT2D eigenvalue weighted by atomic mass is 35.5. The van der Waals surface area contributed by atoms with E-state index in [-0.39, 0.29) is 10.7 Å². The number of nitrogens with zero attached hydrogens (tertiary/aromatic N) is 2. The summed E-state index contributed by atoms with van der Waals surface area (Å²) in [6.45, 7) is 0. The van der Waals surface area contributed by atoms with Gasteiger partial charge in [-0.05, 0) is 23.8 Å². The Morgan fingerprint density at radius 2 is 1.90 bits per heavy atom. The number of halogens is 5. The van der Waals surface area contributed by atoms with Gasteiger partial charge in [-0.1, -0.05) is 35.3 Å². The average Bonchev–Trinajstić information content (AvgIpc) is 2.40. The quantitative estimate of drug-likeness (QED) is 0.771. The lowest BCUT2D eigenvalue weighted by atomic mass is 9.96. The Hall–Kier alpha value is -1.77. The number of pyridine rings is 1. The zero-order chi connectivity index (χ0) is 15.6. The molecule has 2 rings (SSSR count). The summed E-state index contributed by atoms with van der Waals surface area (Å²) in [4.78, 5) is 3.70. The molecule has 0 unspecified atom stereocenters.